The molecule has 5 nitrogen and oxygen atoms in total. The van der Waals surface area contributed by atoms with Crippen LogP contribution in [0.2, 0.25) is 0 Å². The van der Waals surface area contributed by atoms with Gasteiger partial charge in [-0.05, 0) is 52.3 Å². The molecule has 0 aliphatic heterocycles. The Kier molecular flexibility index (Phi) is 4.29. The molecular weight excluding hydrogens is 365 g/mol. The molecule has 0 fully saturated rings. The number of aromatic carboxylic acids is 1. The first-order valence-electron chi connectivity index (χ1n) is 5.61. The van der Waals surface area contributed by atoms with Crippen LogP contribution < -0.4 is 4.72 Å². The number of hydrogen-bond donors (Lipinski definition) is 2. The number of halogens is 2. The zero-order valence-electron chi connectivity index (χ0n) is 10.4. The van der Waals surface area contributed by atoms with Crippen LogP contribution in [-0.2, 0) is 10.0 Å². The van der Waals surface area contributed by atoms with Crippen LogP contribution in [0.1, 0.15) is 10.4 Å². The SMILES string of the molecule is O=C(O)c1cccc(S(=O)(=O)Nc2ccc(F)c(Br)c2)c1. The number of carbonyl (C=O) groups is 1. The molecule has 0 unspecified atom stereocenters. The van der Waals surface area contributed by atoms with E-state index >= 15 is 0 Å². The highest BCUT2D eigenvalue weighted by Crippen LogP contribution is 2.22. The molecule has 0 bridgehead atoms. The number of carboxylic acids is 1. The van der Waals surface area contributed by atoms with Crippen molar-refractivity contribution < 1.29 is 22.7 Å². The second kappa shape index (κ2) is 5.82. The minimum Gasteiger partial charge on any atom is -0.478 e. The molecule has 0 saturated carbocycles. The summed E-state index contributed by atoms with van der Waals surface area (Å²) in [4.78, 5) is 10.7. The lowest BCUT2D eigenvalue weighted by molar-refractivity contribution is 0.0696. The van der Waals surface area contributed by atoms with Crippen LogP contribution >= 0.6 is 15.9 Å². The van der Waals surface area contributed by atoms with Gasteiger partial charge in [-0.15, -0.1) is 0 Å². The number of sulfonamides is 1. The summed E-state index contributed by atoms with van der Waals surface area (Å²) in [6.45, 7) is 0. The molecule has 0 aliphatic rings. The Morgan fingerprint density at radius 2 is 1.90 bits per heavy atom. The highest BCUT2D eigenvalue weighted by atomic mass is 79.9. The van der Waals surface area contributed by atoms with Crippen molar-refractivity contribution in [3.63, 3.8) is 0 Å². The predicted octanol–water partition coefficient (Wildman–Crippen LogP) is 3.09. The van der Waals surface area contributed by atoms with Crippen molar-refractivity contribution in [1.29, 1.82) is 0 Å². The number of nitrogens with one attached hydrogen (secondary N) is 1. The van der Waals surface area contributed by atoms with Gasteiger partial charge in [0, 0.05) is 0 Å². The molecule has 2 N–H and O–H groups in total. The fourth-order valence-electron chi connectivity index (χ4n) is 1.57. The van der Waals surface area contributed by atoms with Crippen LogP contribution in [0, 0.1) is 5.82 Å². The van der Waals surface area contributed by atoms with Gasteiger partial charge in [-0.25, -0.2) is 17.6 Å². The number of carboxylic acid groups (broad SMARTS) is 1. The fourth-order valence-corrected chi connectivity index (χ4v) is 3.04. The Morgan fingerprint density at radius 3 is 2.52 bits per heavy atom. The maximum Gasteiger partial charge on any atom is 0.335 e. The third-order valence-corrected chi connectivity index (χ3v) is 4.55. The molecule has 0 atom stereocenters. The van der Waals surface area contributed by atoms with Crippen LogP contribution in [0.4, 0.5) is 10.1 Å². The largest absolute Gasteiger partial charge is 0.478 e. The monoisotopic (exact) mass is 373 g/mol. The number of anilines is 1. The van der Waals surface area contributed by atoms with Crippen LogP contribution in [0.3, 0.4) is 0 Å². The summed E-state index contributed by atoms with van der Waals surface area (Å²) in [5, 5.41) is 8.87. The highest BCUT2D eigenvalue weighted by Gasteiger charge is 2.16. The third kappa shape index (κ3) is 3.59. The van der Waals surface area contributed by atoms with E-state index in [4.69, 9.17) is 5.11 Å². The Hall–Kier alpha value is -1.93. The average Bonchev–Trinajstić information content (AvgIpc) is 2.43. The quantitative estimate of drug-likeness (QED) is 0.862. The normalized spacial score (nSPS) is 11.1. The van der Waals surface area contributed by atoms with Gasteiger partial charge in [-0.3, -0.25) is 4.72 Å². The Morgan fingerprint density at radius 1 is 1.19 bits per heavy atom. The van der Waals surface area contributed by atoms with Gasteiger partial charge in [-0.1, -0.05) is 6.07 Å². The number of rotatable bonds is 4. The lowest BCUT2D eigenvalue weighted by atomic mass is 10.2. The summed E-state index contributed by atoms with van der Waals surface area (Å²) in [6, 6.07) is 8.58. The molecule has 2 aromatic carbocycles. The van der Waals surface area contributed by atoms with Gasteiger partial charge in [0.15, 0.2) is 0 Å². The van der Waals surface area contributed by atoms with Crippen molar-refractivity contribution in [2.24, 2.45) is 0 Å². The Labute approximate surface area is 128 Å². The molecule has 110 valence electrons. The molecule has 0 amide bonds. The molecule has 0 radical (unpaired) electrons. The van der Waals surface area contributed by atoms with E-state index in [9.17, 15) is 17.6 Å². The smallest absolute Gasteiger partial charge is 0.335 e. The third-order valence-electron chi connectivity index (χ3n) is 2.56. The van der Waals surface area contributed by atoms with Crippen LogP contribution in [-0.4, -0.2) is 19.5 Å². The summed E-state index contributed by atoms with van der Waals surface area (Å²) >= 11 is 2.95. The average molecular weight is 374 g/mol. The first-order valence-corrected chi connectivity index (χ1v) is 7.88. The summed E-state index contributed by atoms with van der Waals surface area (Å²) < 4.78 is 39.8. The topological polar surface area (TPSA) is 83.5 Å². The zero-order chi connectivity index (χ0) is 15.6. The molecule has 21 heavy (non-hydrogen) atoms. The lowest BCUT2D eigenvalue weighted by Crippen LogP contribution is -2.13. The first-order chi connectivity index (χ1) is 9.79. The van der Waals surface area contributed by atoms with Crippen molar-refractivity contribution in [1.82, 2.24) is 0 Å². The molecule has 0 aromatic heterocycles. The van der Waals surface area contributed by atoms with Crippen molar-refractivity contribution in [3.8, 4) is 0 Å². The molecule has 0 heterocycles. The molecule has 2 aromatic rings. The van der Waals surface area contributed by atoms with Gasteiger partial charge >= 0.3 is 5.97 Å². The standard InChI is InChI=1S/C13H9BrFNO4S/c14-11-7-9(4-5-12(11)15)16-21(19,20)10-3-1-2-8(6-10)13(17)18/h1-7,16H,(H,17,18). The fraction of sp³-hybridized carbons (Fsp3) is 0. The van der Waals surface area contributed by atoms with E-state index < -0.39 is 21.8 Å². The van der Waals surface area contributed by atoms with Gasteiger partial charge in [0.1, 0.15) is 5.82 Å². The van der Waals surface area contributed by atoms with E-state index in [0.29, 0.717) is 0 Å². The van der Waals surface area contributed by atoms with E-state index in [1.807, 2.05) is 0 Å². The van der Waals surface area contributed by atoms with E-state index in [-0.39, 0.29) is 20.6 Å². The van der Waals surface area contributed by atoms with E-state index in [2.05, 4.69) is 20.7 Å². The second-order valence-electron chi connectivity index (χ2n) is 4.07. The minimum absolute atomic E-state index is 0.113. The van der Waals surface area contributed by atoms with Crippen LogP contribution in [0.15, 0.2) is 51.8 Å². The summed E-state index contributed by atoms with van der Waals surface area (Å²) in [5.74, 6) is -1.75. The summed E-state index contributed by atoms with van der Waals surface area (Å²) in [7, 11) is -3.96. The van der Waals surface area contributed by atoms with Crippen molar-refractivity contribution in [2.45, 2.75) is 4.90 Å². The molecule has 8 heteroatoms. The van der Waals surface area contributed by atoms with E-state index in [1.54, 1.807) is 0 Å². The summed E-state index contributed by atoms with van der Waals surface area (Å²) in [6.07, 6.45) is 0. The number of benzene rings is 2. The van der Waals surface area contributed by atoms with Crippen molar-refractivity contribution in [3.05, 3.63) is 58.3 Å². The maximum atomic E-state index is 13.1. The van der Waals surface area contributed by atoms with Gasteiger partial charge in [-0.2, -0.15) is 0 Å². The van der Waals surface area contributed by atoms with Gasteiger partial charge in [0.05, 0.1) is 20.6 Å². The molecule has 2 rings (SSSR count). The highest BCUT2D eigenvalue weighted by molar-refractivity contribution is 9.10. The van der Waals surface area contributed by atoms with E-state index in [1.165, 1.54) is 30.3 Å². The predicted molar refractivity (Wildman–Crippen MR) is 78.3 cm³/mol. The van der Waals surface area contributed by atoms with Gasteiger partial charge in [0.2, 0.25) is 0 Å². The minimum atomic E-state index is -3.96. The maximum absolute atomic E-state index is 13.1. The summed E-state index contributed by atoms with van der Waals surface area (Å²) in [5.41, 5.74) is 0.0159. The second-order valence-corrected chi connectivity index (χ2v) is 6.60. The first kappa shape index (κ1) is 15.5. The van der Waals surface area contributed by atoms with Crippen molar-refractivity contribution in [2.75, 3.05) is 4.72 Å². The Bertz CT molecular complexity index is 808. The number of hydrogen-bond acceptors (Lipinski definition) is 3. The van der Waals surface area contributed by atoms with Crippen molar-refractivity contribution >= 4 is 37.6 Å². The lowest BCUT2D eigenvalue weighted by Gasteiger charge is -2.09. The molecular formula is C13H9BrFNO4S. The molecule has 0 spiro atoms. The van der Waals surface area contributed by atoms with Gasteiger partial charge < -0.3 is 5.11 Å². The van der Waals surface area contributed by atoms with Crippen LogP contribution in [0.5, 0.6) is 0 Å². The molecule has 0 saturated heterocycles. The van der Waals surface area contributed by atoms with E-state index in [0.717, 1.165) is 12.1 Å². The van der Waals surface area contributed by atoms with Crippen LogP contribution in [0.25, 0.3) is 0 Å². The zero-order valence-corrected chi connectivity index (χ0v) is 12.8. The molecule has 0 aliphatic carbocycles. The Balaban J connectivity index is 2.36. The van der Waals surface area contributed by atoms with Gasteiger partial charge in [0.25, 0.3) is 10.0 Å².